The molecule has 0 N–H and O–H groups in total. The Morgan fingerprint density at radius 2 is 0.244 bits per heavy atom. The first kappa shape index (κ1) is 49.2. The van der Waals surface area contributed by atoms with Gasteiger partial charge in [-0.1, -0.05) is 0 Å². The fourth-order valence-corrected chi connectivity index (χ4v) is 27.8. The molecule has 21 heteroatoms. The zero-order valence-corrected chi connectivity index (χ0v) is 63.3. The van der Waals surface area contributed by atoms with Crippen LogP contribution in [0, 0.1) is 71.4 Å². The van der Waals surface area contributed by atoms with E-state index in [0.29, 0.717) is 0 Å². The summed E-state index contributed by atoms with van der Waals surface area (Å²) in [6.07, 6.45) is -1.74. The van der Waals surface area contributed by atoms with Crippen LogP contribution >= 0.6 is 452 Å². The first-order valence-corrected chi connectivity index (χ1v) is 32.5. The van der Waals surface area contributed by atoms with Crippen molar-refractivity contribution in [2.75, 3.05) is 0 Å². The van der Waals surface area contributed by atoms with Crippen LogP contribution in [0.3, 0.4) is 0 Å². The number of halogens is 20. The van der Waals surface area contributed by atoms with E-state index in [0.717, 1.165) is 0 Å². The van der Waals surface area contributed by atoms with Crippen LogP contribution in [0.2, 0.25) is 0 Å². The van der Waals surface area contributed by atoms with E-state index in [4.69, 9.17) is 0 Å². The second-order valence-electron chi connectivity index (χ2n) is 8.80. The molecule has 240 valence electrons. The average Bonchev–Trinajstić information content (AvgIpc) is 3.00. The van der Waals surface area contributed by atoms with Crippen LogP contribution in [0.15, 0.2) is 0 Å². The SMILES string of the molecule is Ic1c(I)c(I)c([B-](c2c(I)c(I)c(I)c(I)c2I)(c2c(I)c(I)c(I)c(I)c2I)c2c(I)c(I)c(I)c(I)c2I)c(I)c1I. The molecule has 0 radical (unpaired) electrons. The molecule has 0 spiro atoms. The highest BCUT2D eigenvalue weighted by Gasteiger charge is 2.46. The molecule has 0 atom stereocenters. The van der Waals surface area contributed by atoms with Crippen LogP contribution in [-0.2, 0) is 0 Å². The maximum Gasteiger partial charge on any atom is 0.118 e. The molecule has 0 bridgehead atoms. The second-order valence-corrected chi connectivity index (χ2v) is 30.4. The summed E-state index contributed by atoms with van der Waals surface area (Å²) in [6, 6.07) is 0. The van der Waals surface area contributed by atoms with Crippen molar-refractivity contribution in [1.29, 1.82) is 0 Å². The Kier molecular flexibility index (Phi) is 22.5. The maximum atomic E-state index is 2.69. The highest BCUT2D eigenvalue weighted by atomic mass is 127. The molecule has 0 aromatic heterocycles. The van der Waals surface area contributed by atoms with E-state index < -0.39 is 6.15 Å². The summed E-state index contributed by atoms with van der Waals surface area (Å²) in [4.78, 5) is 0. The Morgan fingerprint density at radius 3 is 0.356 bits per heavy atom. The van der Waals surface area contributed by atoms with Gasteiger partial charge in [0.05, 0.1) is 0 Å². The number of benzene rings is 4. The molecule has 4 rings (SSSR count). The molecule has 0 saturated heterocycles. The van der Waals surface area contributed by atoms with Crippen LogP contribution in [0.5, 0.6) is 0 Å². The van der Waals surface area contributed by atoms with Crippen molar-refractivity contribution >= 4 is 480 Å². The summed E-state index contributed by atoms with van der Waals surface area (Å²) in [5.74, 6) is 0. The lowest BCUT2D eigenvalue weighted by atomic mass is 9.13. The minimum absolute atomic E-state index is 1.33. The number of hydrogen-bond acceptors (Lipinski definition) is 0. The number of rotatable bonds is 4. The van der Waals surface area contributed by atoms with Crippen LogP contribution < -0.4 is 21.9 Å². The summed E-state index contributed by atoms with van der Waals surface area (Å²) < 4.78 is 26.8. The first-order valence-electron chi connectivity index (χ1n) is 10.9. The van der Waals surface area contributed by atoms with Crippen molar-refractivity contribution in [3.05, 3.63) is 71.4 Å². The normalized spacial score (nSPS) is 12.0. The molecule has 4 aromatic rings. The Balaban J connectivity index is 2.69. The topological polar surface area (TPSA) is 0 Å². The van der Waals surface area contributed by atoms with Gasteiger partial charge < -0.3 is 0 Å². The van der Waals surface area contributed by atoms with Crippen molar-refractivity contribution in [1.82, 2.24) is 0 Å². The van der Waals surface area contributed by atoms with Crippen molar-refractivity contribution < 1.29 is 0 Å². The Bertz CT molecular complexity index is 1570. The highest BCUT2D eigenvalue weighted by Crippen LogP contribution is 2.40. The van der Waals surface area contributed by atoms with Gasteiger partial charge in [0, 0.05) is 42.8 Å². The van der Waals surface area contributed by atoms with Gasteiger partial charge >= 0.3 is 0 Å². The molecule has 0 nitrogen and oxygen atoms in total. The van der Waals surface area contributed by atoms with E-state index in [1.54, 1.807) is 0 Å². The standard InChI is InChI=1S/C24BI20/c26-5-1(6(27)14(35)21(42)13(5)34)25(2-7(28)15(36)22(43)16(37)8(2)29,3-9(30)17(38)23(44)18(39)10(3)31)4-11(32)19(40)24(45)20(41)12(4)33/q-1. The van der Waals surface area contributed by atoms with Gasteiger partial charge in [0.2, 0.25) is 0 Å². The van der Waals surface area contributed by atoms with Gasteiger partial charge in [-0.3, -0.25) is 0 Å². The van der Waals surface area contributed by atoms with Crippen LogP contribution in [0.25, 0.3) is 0 Å². The van der Waals surface area contributed by atoms with Gasteiger partial charge in [0.15, 0.2) is 0 Å². The Hall–Kier alpha value is 11.5. The molecule has 0 heterocycles. The minimum atomic E-state index is -1.74. The van der Waals surface area contributed by atoms with Crippen LogP contribution in [-0.4, -0.2) is 6.15 Å². The van der Waals surface area contributed by atoms with Gasteiger partial charge in [-0.05, 0) is 480 Å². The summed E-state index contributed by atoms with van der Waals surface area (Å²) >= 11 is 52.6. The Labute approximate surface area is 534 Å². The van der Waals surface area contributed by atoms with Gasteiger partial charge in [0.1, 0.15) is 6.15 Å². The quantitative estimate of drug-likeness (QED) is 0.0827. The van der Waals surface area contributed by atoms with Crippen molar-refractivity contribution in [2.45, 2.75) is 0 Å². The lowest BCUT2D eigenvalue weighted by molar-refractivity contribution is 1.41. The zero-order valence-electron chi connectivity index (χ0n) is 20.1. The van der Waals surface area contributed by atoms with E-state index in [9.17, 15) is 0 Å². The van der Waals surface area contributed by atoms with E-state index in [1.807, 2.05) is 0 Å². The third-order valence-corrected chi connectivity index (χ3v) is 45.1. The van der Waals surface area contributed by atoms with Crippen LogP contribution in [0.1, 0.15) is 0 Å². The van der Waals surface area contributed by atoms with Crippen LogP contribution in [0.4, 0.5) is 0 Å². The molecule has 0 aliphatic rings. The zero-order chi connectivity index (χ0) is 34.4. The number of hydrogen-bond donors (Lipinski definition) is 0. The Morgan fingerprint density at radius 1 is 0.156 bits per heavy atom. The predicted molar refractivity (Wildman–Crippen MR) is 364 cm³/mol. The predicted octanol–water partition coefficient (Wildman–Crippen LogP) is 15.2. The molecule has 4 aromatic carbocycles. The summed E-state index contributed by atoms with van der Waals surface area (Å²) in [7, 11) is 0. The van der Waals surface area contributed by atoms with Crippen molar-refractivity contribution in [2.24, 2.45) is 0 Å². The fourth-order valence-electron chi connectivity index (χ4n) is 4.87. The second kappa shape index (κ2) is 20.6. The maximum absolute atomic E-state index is 2.69. The molecule has 0 amide bonds. The molecule has 0 aliphatic heterocycles. The lowest BCUT2D eigenvalue weighted by Gasteiger charge is -2.50. The summed E-state index contributed by atoms with van der Waals surface area (Å²) in [6.45, 7) is 0. The average molecular weight is 2840 g/mol. The van der Waals surface area contributed by atoms with Gasteiger partial charge in [-0.25, -0.2) is 0 Å². The third-order valence-electron chi connectivity index (χ3n) is 6.71. The van der Waals surface area contributed by atoms with E-state index in [1.165, 1.54) is 93.3 Å². The molecular weight excluding hydrogens is 2840 g/mol. The van der Waals surface area contributed by atoms with Crippen molar-refractivity contribution in [3.8, 4) is 0 Å². The van der Waals surface area contributed by atoms with E-state index in [-0.39, 0.29) is 0 Å². The van der Waals surface area contributed by atoms with Gasteiger partial charge in [-0.15, -0.1) is 0 Å². The third kappa shape index (κ3) is 9.20. The largest absolute Gasteiger partial charge is 0.166 e. The summed E-state index contributed by atoms with van der Waals surface area (Å²) in [5.41, 5.74) is 5.78. The van der Waals surface area contributed by atoms with Gasteiger partial charge in [0.25, 0.3) is 0 Å². The molecule has 0 saturated carbocycles. The molecular formula is C24BI20-. The van der Waals surface area contributed by atoms with E-state index >= 15 is 0 Å². The first-order chi connectivity index (χ1) is 20.7. The molecule has 0 aliphatic carbocycles. The van der Waals surface area contributed by atoms with Crippen molar-refractivity contribution in [3.63, 3.8) is 0 Å². The lowest BCUT2D eigenvalue weighted by Crippen LogP contribution is -2.80. The van der Waals surface area contributed by atoms with Gasteiger partial charge in [-0.2, -0.15) is 21.9 Å². The minimum Gasteiger partial charge on any atom is -0.166 e. The monoisotopic (exact) mass is 2840 g/mol. The molecule has 0 fully saturated rings. The molecule has 45 heavy (non-hydrogen) atoms. The van der Waals surface area contributed by atoms with E-state index in [2.05, 4.69) is 452 Å². The summed E-state index contributed by atoms with van der Waals surface area (Å²) in [5, 5.41) is 0. The smallest absolute Gasteiger partial charge is 0.118 e. The molecule has 0 unspecified atom stereocenters. The highest BCUT2D eigenvalue weighted by molar-refractivity contribution is 14.1. The fraction of sp³-hybridized carbons (Fsp3) is 0.